The van der Waals surface area contributed by atoms with Gasteiger partial charge in [0.05, 0.1) is 6.04 Å². The van der Waals surface area contributed by atoms with Gasteiger partial charge < -0.3 is 10.3 Å². The summed E-state index contributed by atoms with van der Waals surface area (Å²) in [6.45, 7) is 1.74. The Hall–Kier alpha value is -2.02. The van der Waals surface area contributed by atoms with Gasteiger partial charge in [0.25, 0.3) is 11.4 Å². The maximum absolute atomic E-state index is 10.8. The fourth-order valence-corrected chi connectivity index (χ4v) is 0.987. The predicted octanol–water partition coefficient (Wildman–Crippen LogP) is -0.160. The Morgan fingerprint density at radius 3 is 2.87 bits per heavy atom. The van der Waals surface area contributed by atoms with Crippen LogP contribution in [0.3, 0.4) is 0 Å². The van der Waals surface area contributed by atoms with E-state index in [0.717, 1.165) is 0 Å². The van der Waals surface area contributed by atoms with Crippen molar-refractivity contribution in [2.75, 3.05) is 0 Å². The maximum atomic E-state index is 10.8. The molecule has 0 spiro atoms. The largest absolute Gasteiger partial charge is 0.332 e. The molecule has 7 nitrogen and oxygen atoms in total. The zero-order valence-electron chi connectivity index (χ0n) is 7.97. The second-order valence-electron chi connectivity index (χ2n) is 3.05. The van der Waals surface area contributed by atoms with E-state index in [1.54, 1.807) is 6.92 Å². The van der Waals surface area contributed by atoms with Crippen LogP contribution in [-0.4, -0.2) is 20.3 Å². The van der Waals surface area contributed by atoms with Gasteiger partial charge in [-0.05, 0) is 13.0 Å². The molecule has 0 saturated heterocycles. The minimum Gasteiger partial charge on any atom is -0.332 e. The van der Waals surface area contributed by atoms with Crippen molar-refractivity contribution in [1.82, 2.24) is 20.3 Å². The second-order valence-corrected chi connectivity index (χ2v) is 3.05. The summed E-state index contributed by atoms with van der Waals surface area (Å²) in [7, 11) is 0. The van der Waals surface area contributed by atoms with Gasteiger partial charge in [-0.15, -0.1) is 0 Å². The lowest BCUT2D eigenvalue weighted by atomic mass is 10.3. The molecule has 3 N–H and O–H groups in total. The Bertz CT molecular complexity index is 495. The molecule has 2 aromatic rings. The van der Waals surface area contributed by atoms with Gasteiger partial charge in [-0.3, -0.25) is 4.79 Å². The molecule has 0 radical (unpaired) electrons. The minimum absolute atomic E-state index is 0.235. The molecular weight excluding hydrogens is 198 g/mol. The summed E-state index contributed by atoms with van der Waals surface area (Å²) in [5.74, 6) is 0.636. The first-order chi connectivity index (χ1) is 7.16. The van der Waals surface area contributed by atoms with Crippen molar-refractivity contribution in [3.63, 3.8) is 0 Å². The minimum atomic E-state index is -0.301. The van der Waals surface area contributed by atoms with Crippen molar-refractivity contribution in [1.29, 1.82) is 0 Å². The number of rotatable bonds is 2. The van der Waals surface area contributed by atoms with Gasteiger partial charge in [-0.2, -0.15) is 10.1 Å². The molecule has 0 aliphatic heterocycles. The number of nitrogens with one attached hydrogen (secondary N) is 1. The van der Waals surface area contributed by atoms with Crippen LogP contribution in [0.2, 0.25) is 0 Å². The second kappa shape index (κ2) is 3.62. The van der Waals surface area contributed by atoms with Crippen molar-refractivity contribution in [2.24, 2.45) is 5.73 Å². The first kappa shape index (κ1) is 9.53. The summed E-state index contributed by atoms with van der Waals surface area (Å²) in [4.78, 5) is 14.8. The van der Waals surface area contributed by atoms with E-state index in [1.807, 2.05) is 0 Å². The SMILES string of the molecule is CC(N)c1noc(-c2ccc(=O)[nH]n2)n1. The smallest absolute Gasteiger partial charge is 0.278 e. The molecular formula is C8H9N5O2. The molecule has 0 aromatic carbocycles. The molecule has 0 fully saturated rings. The van der Waals surface area contributed by atoms with Crippen LogP contribution in [0.25, 0.3) is 11.6 Å². The van der Waals surface area contributed by atoms with E-state index >= 15 is 0 Å². The van der Waals surface area contributed by atoms with Crippen molar-refractivity contribution >= 4 is 0 Å². The Labute approximate surface area is 84.3 Å². The molecule has 7 heteroatoms. The zero-order chi connectivity index (χ0) is 10.8. The van der Waals surface area contributed by atoms with Crippen LogP contribution in [0, 0.1) is 0 Å². The van der Waals surface area contributed by atoms with Crippen LogP contribution in [-0.2, 0) is 0 Å². The number of H-pyrrole nitrogens is 1. The van der Waals surface area contributed by atoms with Crippen LogP contribution in [0.15, 0.2) is 21.5 Å². The maximum Gasteiger partial charge on any atom is 0.278 e. The fraction of sp³-hybridized carbons (Fsp3) is 0.250. The van der Waals surface area contributed by atoms with Gasteiger partial charge in [0, 0.05) is 6.07 Å². The molecule has 78 valence electrons. The van der Waals surface area contributed by atoms with E-state index < -0.39 is 0 Å². The van der Waals surface area contributed by atoms with E-state index in [2.05, 4.69) is 20.3 Å². The number of nitrogens with zero attached hydrogens (tertiary/aromatic N) is 3. The highest BCUT2D eigenvalue weighted by Gasteiger charge is 2.12. The lowest BCUT2D eigenvalue weighted by Gasteiger charge is -1.93. The molecule has 0 amide bonds. The van der Waals surface area contributed by atoms with Crippen molar-refractivity contribution in [3.05, 3.63) is 28.3 Å². The normalized spacial score (nSPS) is 12.7. The van der Waals surface area contributed by atoms with Crippen LogP contribution >= 0.6 is 0 Å². The van der Waals surface area contributed by atoms with E-state index in [-0.39, 0.29) is 17.5 Å². The van der Waals surface area contributed by atoms with Gasteiger partial charge in [0.15, 0.2) is 5.82 Å². The van der Waals surface area contributed by atoms with Crippen LogP contribution in [0.5, 0.6) is 0 Å². The average Bonchev–Trinajstić information content (AvgIpc) is 2.68. The van der Waals surface area contributed by atoms with E-state index in [0.29, 0.717) is 11.5 Å². The van der Waals surface area contributed by atoms with Crippen molar-refractivity contribution in [2.45, 2.75) is 13.0 Å². The van der Waals surface area contributed by atoms with Gasteiger partial charge in [-0.1, -0.05) is 5.16 Å². The quantitative estimate of drug-likeness (QED) is 0.707. The molecule has 1 unspecified atom stereocenters. The Kier molecular flexibility index (Phi) is 2.30. The summed E-state index contributed by atoms with van der Waals surface area (Å²) in [6, 6.07) is 2.53. The zero-order valence-corrected chi connectivity index (χ0v) is 7.97. The Morgan fingerprint density at radius 2 is 2.33 bits per heavy atom. The third kappa shape index (κ3) is 1.91. The highest BCUT2D eigenvalue weighted by molar-refractivity contribution is 5.44. The third-order valence-corrected chi connectivity index (χ3v) is 1.75. The summed E-state index contributed by atoms with van der Waals surface area (Å²) < 4.78 is 4.93. The van der Waals surface area contributed by atoms with Gasteiger partial charge in [0.1, 0.15) is 5.69 Å². The lowest BCUT2D eigenvalue weighted by Crippen LogP contribution is -2.07. The summed E-state index contributed by atoms with van der Waals surface area (Å²) >= 11 is 0. The molecule has 2 aromatic heterocycles. The average molecular weight is 207 g/mol. The van der Waals surface area contributed by atoms with Gasteiger partial charge in [-0.25, -0.2) is 5.10 Å². The van der Waals surface area contributed by atoms with E-state index in [1.165, 1.54) is 12.1 Å². The Morgan fingerprint density at radius 1 is 1.53 bits per heavy atom. The number of hydrogen-bond acceptors (Lipinski definition) is 6. The highest BCUT2D eigenvalue weighted by atomic mass is 16.5. The summed E-state index contributed by atoms with van der Waals surface area (Å²) in [6.07, 6.45) is 0. The number of nitrogens with two attached hydrogens (primary N) is 1. The first-order valence-corrected chi connectivity index (χ1v) is 4.32. The van der Waals surface area contributed by atoms with Crippen molar-refractivity contribution < 1.29 is 4.52 Å². The summed E-state index contributed by atoms with van der Waals surface area (Å²) in [5.41, 5.74) is 5.69. The summed E-state index contributed by atoms with van der Waals surface area (Å²) in [5, 5.41) is 9.69. The van der Waals surface area contributed by atoms with Gasteiger partial charge >= 0.3 is 0 Å². The predicted molar refractivity (Wildman–Crippen MR) is 50.8 cm³/mol. The molecule has 2 rings (SSSR count). The van der Waals surface area contributed by atoms with E-state index in [4.69, 9.17) is 10.3 Å². The molecule has 0 aliphatic carbocycles. The highest BCUT2D eigenvalue weighted by Crippen LogP contribution is 2.14. The lowest BCUT2D eigenvalue weighted by molar-refractivity contribution is 0.416. The van der Waals surface area contributed by atoms with Gasteiger partial charge in [0.2, 0.25) is 0 Å². The van der Waals surface area contributed by atoms with E-state index in [9.17, 15) is 4.79 Å². The molecule has 15 heavy (non-hydrogen) atoms. The third-order valence-electron chi connectivity index (χ3n) is 1.75. The van der Waals surface area contributed by atoms with Crippen LogP contribution in [0.4, 0.5) is 0 Å². The topological polar surface area (TPSA) is 111 Å². The first-order valence-electron chi connectivity index (χ1n) is 4.32. The Balaban J connectivity index is 2.37. The number of aromatic nitrogens is 4. The molecule has 2 heterocycles. The van der Waals surface area contributed by atoms with Crippen LogP contribution in [0.1, 0.15) is 18.8 Å². The monoisotopic (exact) mass is 207 g/mol. The number of hydrogen-bond donors (Lipinski definition) is 2. The molecule has 0 bridgehead atoms. The number of aromatic amines is 1. The standard InChI is InChI=1S/C8H9N5O2/c1-4(9)7-10-8(15-13-7)5-2-3-6(14)12-11-5/h2-4H,9H2,1H3,(H,12,14). The molecule has 1 atom stereocenters. The van der Waals surface area contributed by atoms with Crippen LogP contribution < -0.4 is 11.3 Å². The van der Waals surface area contributed by atoms with Crippen molar-refractivity contribution in [3.8, 4) is 11.6 Å². The molecule has 0 aliphatic rings. The molecule has 0 saturated carbocycles. The fourth-order valence-electron chi connectivity index (χ4n) is 0.987.